The lowest BCUT2D eigenvalue weighted by molar-refractivity contribution is -0.113. The molecule has 0 unspecified atom stereocenters. The molecule has 31 heavy (non-hydrogen) atoms. The zero-order valence-corrected chi connectivity index (χ0v) is 19.6. The van der Waals surface area contributed by atoms with Crippen LogP contribution in [-0.2, 0) is 11.8 Å². The summed E-state index contributed by atoms with van der Waals surface area (Å²) in [7, 11) is 1.77. The second-order valence-electron chi connectivity index (χ2n) is 6.56. The molecule has 2 amide bonds. The maximum Gasteiger partial charge on any atom is 0.251 e. The third-order valence-electron chi connectivity index (χ3n) is 4.24. The predicted octanol–water partition coefficient (Wildman–Crippen LogP) is 5.00. The van der Waals surface area contributed by atoms with Gasteiger partial charge in [0.2, 0.25) is 5.91 Å². The number of benzene rings is 2. The molecule has 0 saturated carbocycles. The molecule has 0 aliphatic carbocycles. The number of thioether (sulfide) groups is 1. The highest BCUT2D eigenvalue weighted by Crippen LogP contribution is 2.26. The topological polar surface area (TPSA) is 88.9 Å². The summed E-state index contributed by atoms with van der Waals surface area (Å²) in [6.45, 7) is 1.81. The summed E-state index contributed by atoms with van der Waals surface area (Å²) < 4.78 is 1.73. The normalized spacial score (nSPS) is 11.8. The molecule has 0 radical (unpaired) electrons. The molecule has 2 N–H and O–H groups in total. The Morgan fingerprint density at radius 2 is 1.74 bits per heavy atom. The fourth-order valence-corrected chi connectivity index (χ4v) is 3.87. The Hall–Kier alpha value is -2.26. The van der Waals surface area contributed by atoms with Gasteiger partial charge in [0.15, 0.2) is 11.0 Å². The molecule has 1 heterocycles. The number of hydrogen-bond acceptors (Lipinski definition) is 5. The molecule has 3 rings (SSSR count). The molecule has 0 spiro atoms. The Kier molecular flexibility index (Phi) is 7.83. The molecule has 0 bridgehead atoms. The number of aromatic nitrogens is 3. The van der Waals surface area contributed by atoms with Crippen LogP contribution in [0.2, 0.25) is 15.1 Å². The minimum Gasteiger partial charge on any atom is -0.342 e. The summed E-state index contributed by atoms with van der Waals surface area (Å²) in [6.07, 6.45) is 0. The van der Waals surface area contributed by atoms with Crippen LogP contribution >= 0.6 is 46.6 Å². The van der Waals surface area contributed by atoms with Crippen molar-refractivity contribution in [2.24, 2.45) is 7.05 Å². The van der Waals surface area contributed by atoms with Gasteiger partial charge in [-0.2, -0.15) is 0 Å². The Morgan fingerprint density at radius 1 is 1.06 bits per heavy atom. The van der Waals surface area contributed by atoms with E-state index in [0.717, 1.165) is 0 Å². The zero-order chi connectivity index (χ0) is 22.5. The minimum atomic E-state index is -0.394. The van der Waals surface area contributed by atoms with Gasteiger partial charge in [0.1, 0.15) is 0 Å². The summed E-state index contributed by atoms with van der Waals surface area (Å²) >= 11 is 19.1. The van der Waals surface area contributed by atoms with Crippen molar-refractivity contribution in [3.05, 3.63) is 68.9 Å². The highest BCUT2D eigenvalue weighted by molar-refractivity contribution is 7.99. The molecule has 0 aliphatic rings. The van der Waals surface area contributed by atoms with Crippen molar-refractivity contribution in [3.8, 4) is 0 Å². The Morgan fingerprint density at radius 3 is 2.45 bits per heavy atom. The van der Waals surface area contributed by atoms with Crippen LogP contribution in [0.15, 0.2) is 47.6 Å². The fraction of sp³-hybridized carbons (Fsp3) is 0.200. The van der Waals surface area contributed by atoms with E-state index in [0.29, 0.717) is 37.3 Å². The van der Waals surface area contributed by atoms with Gasteiger partial charge in [-0.25, -0.2) is 0 Å². The van der Waals surface area contributed by atoms with Crippen LogP contribution in [0.4, 0.5) is 5.69 Å². The van der Waals surface area contributed by atoms with Gasteiger partial charge in [-0.3, -0.25) is 9.59 Å². The van der Waals surface area contributed by atoms with Crippen LogP contribution in [0.3, 0.4) is 0 Å². The van der Waals surface area contributed by atoms with Crippen LogP contribution < -0.4 is 10.6 Å². The SMILES string of the molecule is C[C@@H](NC(=O)c1ccc(Cl)cc1)c1nnc(SCC(=O)Nc2cc(Cl)ccc2Cl)n1C. The Labute approximate surface area is 198 Å². The first kappa shape index (κ1) is 23.4. The van der Waals surface area contributed by atoms with E-state index in [1.807, 2.05) is 0 Å². The minimum absolute atomic E-state index is 0.0975. The average Bonchev–Trinajstić information content (AvgIpc) is 3.10. The summed E-state index contributed by atoms with van der Waals surface area (Å²) in [6, 6.07) is 11.0. The third kappa shape index (κ3) is 6.13. The highest BCUT2D eigenvalue weighted by Gasteiger charge is 2.19. The van der Waals surface area contributed by atoms with Gasteiger partial charge in [0, 0.05) is 22.7 Å². The van der Waals surface area contributed by atoms with Crippen molar-refractivity contribution < 1.29 is 9.59 Å². The number of amides is 2. The lowest BCUT2D eigenvalue weighted by Crippen LogP contribution is -2.28. The molecule has 3 aromatic rings. The quantitative estimate of drug-likeness (QED) is 0.448. The van der Waals surface area contributed by atoms with Crippen LogP contribution in [0.25, 0.3) is 0 Å². The predicted molar refractivity (Wildman–Crippen MR) is 124 cm³/mol. The van der Waals surface area contributed by atoms with Crippen molar-refractivity contribution >= 4 is 64.1 Å². The first-order valence-corrected chi connectivity index (χ1v) is 11.2. The van der Waals surface area contributed by atoms with Gasteiger partial charge < -0.3 is 15.2 Å². The molecule has 2 aromatic carbocycles. The van der Waals surface area contributed by atoms with E-state index < -0.39 is 6.04 Å². The smallest absolute Gasteiger partial charge is 0.251 e. The fourth-order valence-electron chi connectivity index (χ4n) is 2.68. The average molecular weight is 499 g/mol. The van der Waals surface area contributed by atoms with E-state index in [9.17, 15) is 9.59 Å². The van der Waals surface area contributed by atoms with E-state index in [1.165, 1.54) is 11.8 Å². The van der Waals surface area contributed by atoms with Crippen molar-refractivity contribution in [1.29, 1.82) is 0 Å². The van der Waals surface area contributed by atoms with Crippen LogP contribution in [-0.4, -0.2) is 32.3 Å². The highest BCUT2D eigenvalue weighted by atomic mass is 35.5. The maximum atomic E-state index is 12.4. The summed E-state index contributed by atoms with van der Waals surface area (Å²) in [4.78, 5) is 24.7. The van der Waals surface area contributed by atoms with Crippen molar-refractivity contribution in [3.63, 3.8) is 0 Å². The lowest BCUT2D eigenvalue weighted by Gasteiger charge is -2.13. The van der Waals surface area contributed by atoms with Crippen LogP contribution in [0.5, 0.6) is 0 Å². The first-order valence-electron chi connectivity index (χ1n) is 9.08. The van der Waals surface area contributed by atoms with Gasteiger partial charge in [0.05, 0.1) is 22.5 Å². The second kappa shape index (κ2) is 10.4. The number of nitrogens with one attached hydrogen (secondary N) is 2. The van der Waals surface area contributed by atoms with Gasteiger partial charge >= 0.3 is 0 Å². The first-order chi connectivity index (χ1) is 14.7. The van der Waals surface area contributed by atoms with Crippen LogP contribution in [0.1, 0.15) is 29.1 Å². The largest absolute Gasteiger partial charge is 0.342 e. The molecular formula is C20H18Cl3N5O2S. The van der Waals surface area contributed by atoms with E-state index in [2.05, 4.69) is 20.8 Å². The standard InChI is InChI=1S/C20H18Cl3N5O2S/c1-11(24-19(30)12-3-5-13(21)6-4-12)18-26-27-20(28(18)2)31-10-17(29)25-16-9-14(22)7-8-15(16)23/h3-9,11H,10H2,1-2H3,(H,24,30)(H,25,29)/t11-/m1/s1. The van der Waals surface area contributed by atoms with E-state index in [1.54, 1.807) is 61.0 Å². The third-order valence-corrected chi connectivity index (χ3v) is 6.08. The van der Waals surface area contributed by atoms with E-state index in [4.69, 9.17) is 34.8 Å². The number of nitrogens with zero attached hydrogens (tertiary/aromatic N) is 3. The molecule has 11 heteroatoms. The molecule has 1 atom stereocenters. The van der Waals surface area contributed by atoms with Gasteiger partial charge in [-0.15, -0.1) is 10.2 Å². The van der Waals surface area contributed by atoms with E-state index >= 15 is 0 Å². The van der Waals surface area contributed by atoms with Crippen LogP contribution in [0, 0.1) is 0 Å². The number of carbonyl (C=O) groups is 2. The second-order valence-corrected chi connectivity index (χ2v) is 8.79. The van der Waals surface area contributed by atoms with E-state index in [-0.39, 0.29) is 17.6 Å². The molecule has 0 saturated heterocycles. The van der Waals surface area contributed by atoms with Gasteiger partial charge in [-0.1, -0.05) is 46.6 Å². The number of hydrogen-bond donors (Lipinski definition) is 2. The summed E-state index contributed by atoms with van der Waals surface area (Å²) in [5.41, 5.74) is 0.932. The van der Waals surface area contributed by atoms with Crippen molar-refractivity contribution in [2.75, 3.05) is 11.1 Å². The molecule has 1 aromatic heterocycles. The lowest BCUT2D eigenvalue weighted by atomic mass is 10.2. The zero-order valence-electron chi connectivity index (χ0n) is 16.5. The molecule has 7 nitrogen and oxygen atoms in total. The summed E-state index contributed by atoms with van der Waals surface area (Å²) in [5, 5.41) is 15.8. The van der Waals surface area contributed by atoms with Crippen molar-refractivity contribution in [2.45, 2.75) is 18.1 Å². The Bertz CT molecular complexity index is 1100. The number of carbonyl (C=O) groups excluding carboxylic acids is 2. The van der Waals surface area contributed by atoms with Gasteiger partial charge in [-0.05, 0) is 49.4 Å². The number of halogens is 3. The molecular weight excluding hydrogens is 481 g/mol. The summed E-state index contributed by atoms with van der Waals surface area (Å²) in [5.74, 6) is 0.144. The monoisotopic (exact) mass is 497 g/mol. The molecule has 0 fully saturated rings. The number of anilines is 1. The molecule has 0 aliphatic heterocycles. The maximum absolute atomic E-state index is 12.4. The number of rotatable bonds is 7. The van der Waals surface area contributed by atoms with Crippen molar-refractivity contribution in [1.82, 2.24) is 20.1 Å². The molecule has 162 valence electrons. The Balaban J connectivity index is 1.59. The van der Waals surface area contributed by atoms with Gasteiger partial charge in [0.25, 0.3) is 5.91 Å².